The van der Waals surface area contributed by atoms with Crippen molar-refractivity contribution in [1.82, 2.24) is 5.32 Å². The average Bonchev–Trinajstić information content (AvgIpc) is 2.59. The molecule has 0 radical (unpaired) electrons. The van der Waals surface area contributed by atoms with Gasteiger partial charge in [0.2, 0.25) is 0 Å². The fourth-order valence-electron chi connectivity index (χ4n) is 2.33. The molecular weight excluding hydrogens is 376 g/mol. The number of rotatable bonds is 6. The molecule has 1 atom stereocenters. The number of halogens is 1. The summed E-state index contributed by atoms with van der Waals surface area (Å²) < 4.78 is 5.90. The molecular formula is C17H17BrN2O4. The van der Waals surface area contributed by atoms with E-state index in [9.17, 15) is 14.9 Å². The molecule has 6 nitrogen and oxygen atoms in total. The molecule has 0 saturated heterocycles. The van der Waals surface area contributed by atoms with Crippen molar-refractivity contribution in [2.75, 3.05) is 7.11 Å². The molecule has 126 valence electrons. The van der Waals surface area contributed by atoms with Crippen LogP contribution < -0.4 is 10.1 Å². The normalized spacial score (nSPS) is 11.6. The summed E-state index contributed by atoms with van der Waals surface area (Å²) in [6, 6.07) is 11.6. The van der Waals surface area contributed by atoms with Gasteiger partial charge < -0.3 is 10.1 Å². The first-order valence-electron chi connectivity index (χ1n) is 7.35. The molecule has 1 unspecified atom stereocenters. The van der Waals surface area contributed by atoms with Crippen LogP contribution in [-0.4, -0.2) is 17.9 Å². The van der Waals surface area contributed by atoms with E-state index in [2.05, 4.69) is 21.2 Å². The van der Waals surface area contributed by atoms with Gasteiger partial charge >= 0.3 is 5.69 Å². The van der Waals surface area contributed by atoms with Crippen molar-refractivity contribution in [1.29, 1.82) is 0 Å². The third kappa shape index (κ3) is 4.11. The fourth-order valence-corrected chi connectivity index (χ4v) is 2.60. The summed E-state index contributed by atoms with van der Waals surface area (Å²) in [6.45, 7) is 1.96. The Labute approximate surface area is 148 Å². The first-order chi connectivity index (χ1) is 11.5. The summed E-state index contributed by atoms with van der Waals surface area (Å²) in [7, 11) is 1.35. The second kappa shape index (κ2) is 7.92. The lowest BCUT2D eigenvalue weighted by molar-refractivity contribution is -0.385. The van der Waals surface area contributed by atoms with E-state index in [1.807, 2.05) is 31.2 Å². The molecule has 0 aliphatic rings. The van der Waals surface area contributed by atoms with Crippen LogP contribution in [0.1, 0.15) is 35.3 Å². The second-order valence-corrected chi connectivity index (χ2v) is 6.05. The smallest absolute Gasteiger partial charge is 0.311 e. The summed E-state index contributed by atoms with van der Waals surface area (Å²) in [5, 5.41) is 14.0. The minimum Gasteiger partial charge on any atom is -0.490 e. The van der Waals surface area contributed by atoms with Gasteiger partial charge in [0.15, 0.2) is 5.75 Å². The summed E-state index contributed by atoms with van der Waals surface area (Å²) >= 11 is 3.38. The molecule has 0 saturated carbocycles. The number of nitro groups is 1. The van der Waals surface area contributed by atoms with Gasteiger partial charge in [-0.2, -0.15) is 0 Å². The first-order valence-corrected chi connectivity index (χ1v) is 8.14. The number of amides is 1. The third-order valence-electron chi connectivity index (χ3n) is 3.62. The van der Waals surface area contributed by atoms with Gasteiger partial charge in [-0.3, -0.25) is 14.9 Å². The second-order valence-electron chi connectivity index (χ2n) is 5.13. The lowest BCUT2D eigenvalue weighted by atomic mass is 10.0. The number of methoxy groups -OCH3 is 1. The molecule has 0 fully saturated rings. The molecule has 1 amide bonds. The van der Waals surface area contributed by atoms with Crippen LogP contribution in [0.4, 0.5) is 5.69 Å². The molecule has 24 heavy (non-hydrogen) atoms. The molecule has 1 N–H and O–H groups in total. The van der Waals surface area contributed by atoms with Crippen LogP contribution in [0.5, 0.6) is 5.75 Å². The van der Waals surface area contributed by atoms with Crippen LogP contribution in [0.3, 0.4) is 0 Å². The predicted molar refractivity (Wildman–Crippen MR) is 94.3 cm³/mol. The van der Waals surface area contributed by atoms with Gasteiger partial charge in [-0.25, -0.2) is 0 Å². The largest absolute Gasteiger partial charge is 0.490 e. The maximum atomic E-state index is 12.4. The van der Waals surface area contributed by atoms with Gasteiger partial charge in [-0.05, 0) is 36.2 Å². The standard InChI is InChI=1S/C17H17BrN2O4/c1-3-14(11-4-7-13(18)8-5-11)19-17(21)12-6-9-16(24-2)15(10-12)20(22)23/h4-10,14H,3H2,1-2H3,(H,19,21). The molecule has 2 rings (SSSR count). The maximum Gasteiger partial charge on any atom is 0.311 e. The van der Waals surface area contributed by atoms with Gasteiger partial charge in [0.25, 0.3) is 5.91 Å². The summed E-state index contributed by atoms with van der Waals surface area (Å²) in [5.41, 5.74) is 0.956. The van der Waals surface area contributed by atoms with Crippen LogP contribution >= 0.6 is 15.9 Å². The molecule has 0 aromatic heterocycles. The number of ether oxygens (including phenoxy) is 1. The van der Waals surface area contributed by atoms with E-state index in [0.717, 1.165) is 10.0 Å². The SMILES string of the molecule is CCC(NC(=O)c1ccc(OC)c([N+](=O)[O-])c1)c1ccc(Br)cc1. The van der Waals surface area contributed by atoms with Crippen molar-refractivity contribution in [3.63, 3.8) is 0 Å². The minimum absolute atomic E-state index is 0.122. The van der Waals surface area contributed by atoms with Gasteiger partial charge in [-0.15, -0.1) is 0 Å². The van der Waals surface area contributed by atoms with Crippen LogP contribution in [0, 0.1) is 10.1 Å². The molecule has 2 aromatic carbocycles. The van der Waals surface area contributed by atoms with Gasteiger partial charge in [0, 0.05) is 16.1 Å². The Morgan fingerprint density at radius 3 is 2.50 bits per heavy atom. The Morgan fingerprint density at radius 1 is 1.29 bits per heavy atom. The zero-order valence-corrected chi connectivity index (χ0v) is 14.9. The van der Waals surface area contributed by atoms with Crippen molar-refractivity contribution < 1.29 is 14.5 Å². The van der Waals surface area contributed by atoms with E-state index in [1.165, 1.54) is 25.3 Å². The molecule has 7 heteroatoms. The molecule has 0 heterocycles. The van der Waals surface area contributed by atoms with E-state index in [-0.39, 0.29) is 28.9 Å². The van der Waals surface area contributed by atoms with Gasteiger partial charge in [-0.1, -0.05) is 35.0 Å². The Hall–Kier alpha value is -2.41. The lowest BCUT2D eigenvalue weighted by Gasteiger charge is -2.17. The monoisotopic (exact) mass is 392 g/mol. The number of nitro benzene ring substituents is 1. The highest BCUT2D eigenvalue weighted by atomic mass is 79.9. The van der Waals surface area contributed by atoms with Crippen molar-refractivity contribution in [3.8, 4) is 5.75 Å². The van der Waals surface area contributed by atoms with Crippen molar-refractivity contribution in [2.24, 2.45) is 0 Å². The Morgan fingerprint density at radius 2 is 1.96 bits per heavy atom. The molecule has 0 spiro atoms. The van der Waals surface area contributed by atoms with Gasteiger partial charge in [0.05, 0.1) is 18.1 Å². The summed E-state index contributed by atoms with van der Waals surface area (Å²) in [5.74, 6) is -0.243. The zero-order valence-electron chi connectivity index (χ0n) is 13.3. The van der Waals surface area contributed by atoms with Crippen LogP contribution in [0.2, 0.25) is 0 Å². The first kappa shape index (κ1) is 17.9. The average molecular weight is 393 g/mol. The number of nitrogens with one attached hydrogen (secondary N) is 1. The minimum atomic E-state index is -0.568. The topological polar surface area (TPSA) is 81.5 Å². The zero-order chi connectivity index (χ0) is 17.7. The Bertz CT molecular complexity index is 747. The number of benzene rings is 2. The lowest BCUT2D eigenvalue weighted by Crippen LogP contribution is -2.28. The Balaban J connectivity index is 2.23. The van der Waals surface area contributed by atoms with Crippen LogP contribution in [-0.2, 0) is 0 Å². The molecule has 0 aliphatic carbocycles. The fraction of sp³-hybridized carbons (Fsp3) is 0.235. The predicted octanol–water partition coefficient (Wildman–Crippen LogP) is 4.25. The van der Waals surface area contributed by atoms with E-state index in [0.29, 0.717) is 6.42 Å². The number of carbonyl (C=O) groups is 1. The molecule has 0 bridgehead atoms. The van der Waals surface area contributed by atoms with Gasteiger partial charge in [0.1, 0.15) is 0 Å². The van der Waals surface area contributed by atoms with Crippen molar-refractivity contribution in [3.05, 3.63) is 68.2 Å². The number of hydrogen-bond acceptors (Lipinski definition) is 4. The highest BCUT2D eigenvalue weighted by Gasteiger charge is 2.20. The summed E-state index contributed by atoms with van der Waals surface area (Å²) in [4.78, 5) is 23.0. The quantitative estimate of drug-likeness (QED) is 0.588. The van der Waals surface area contributed by atoms with Crippen LogP contribution in [0.15, 0.2) is 46.9 Å². The number of hydrogen-bond donors (Lipinski definition) is 1. The molecule has 0 aliphatic heterocycles. The van der Waals surface area contributed by atoms with E-state index in [1.54, 1.807) is 0 Å². The summed E-state index contributed by atoms with van der Waals surface area (Å²) in [6.07, 6.45) is 0.700. The highest BCUT2D eigenvalue weighted by molar-refractivity contribution is 9.10. The van der Waals surface area contributed by atoms with E-state index >= 15 is 0 Å². The van der Waals surface area contributed by atoms with E-state index < -0.39 is 4.92 Å². The highest BCUT2D eigenvalue weighted by Crippen LogP contribution is 2.28. The van der Waals surface area contributed by atoms with Crippen molar-refractivity contribution >= 4 is 27.5 Å². The van der Waals surface area contributed by atoms with Crippen LogP contribution in [0.25, 0.3) is 0 Å². The Kier molecular flexibility index (Phi) is 5.92. The van der Waals surface area contributed by atoms with E-state index in [4.69, 9.17) is 4.74 Å². The third-order valence-corrected chi connectivity index (χ3v) is 4.15. The molecule has 2 aromatic rings. The number of nitrogens with zero attached hydrogens (tertiary/aromatic N) is 1. The number of carbonyl (C=O) groups excluding carboxylic acids is 1. The van der Waals surface area contributed by atoms with Crippen molar-refractivity contribution in [2.45, 2.75) is 19.4 Å². The maximum absolute atomic E-state index is 12.4.